The Bertz CT molecular complexity index is 563. The molecular weight excluding hydrogens is 336 g/mol. The van der Waals surface area contributed by atoms with Gasteiger partial charge in [-0.15, -0.1) is 4.28 Å². The van der Waals surface area contributed by atoms with Crippen LogP contribution in [0.15, 0.2) is 0 Å². The summed E-state index contributed by atoms with van der Waals surface area (Å²) in [4.78, 5) is 26.5. The number of carbonyl (C=O) groups excluding carboxylic acids is 2. The molecule has 0 aromatic carbocycles. The van der Waals surface area contributed by atoms with E-state index in [1.807, 2.05) is 0 Å². The van der Waals surface area contributed by atoms with Crippen molar-refractivity contribution in [3.05, 3.63) is 0 Å². The van der Waals surface area contributed by atoms with Gasteiger partial charge in [-0.05, 0) is 38.5 Å². The maximum Gasteiger partial charge on any atom is 0.346 e. The topological polar surface area (TPSA) is 111 Å². The van der Waals surface area contributed by atoms with Crippen LogP contribution in [0.1, 0.15) is 38.5 Å². The van der Waals surface area contributed by atoms with Crippen LogP contribution in [0, 0.1) is 0 Å². The average molecular weight is 358 g/mol. The summed E-state index contributed by atoms with van der Waals surface area (Å²) >= 11 is -2.54. The first-order valence-electron chi connectivity index (χ1n) is 8.47. The van der Waals surface area contributed by atoms with Crippen molar-refractivity contribution < 1.29 is 22.6 Å². The summed E-state index contributed by atoms with van der Waals surface area (Å²) < 4.78 is 24.4. The number of nitrogens with zero attached hydrogens (tertiary/aromatic N) is 2. The number of nitrogens with one attached hydrogen (secondary N) is 2. The number of fused-ring (bicyclic) bond motifs is 4. The molecule has 4 rings (SSSR count). The van der Waals surface area contributed by atoms with Gasteiger partial charge < -0.3 is 15.5 Å². The lowest BCUT2D eigenvalue weighted by Gasteiger charge is -2.34. The summed E-state index contributed by atoms with van der Waals surface area (Å²) in [5, 5.41) is 7.58. The summed E-state index contributed by atoms with van der Waals surface area (Å²) in [5.41, 5.74) is 0. The van der Waals surface area contributed by atoms with E-state index < -0.39 is 23.4 Å². The van der Waals surface area contributed by atoms with E-state index in [0.29, 0.717) is 31.5 Å². The zero-order valence-corrected chi connectivity index (χ0v) is 14.0. The number of hydrogen-bond donors (Lipinski definition) is 3. The maximum absolute atomic E-state index is 12.7. The summed E-state index contributed by atoms with van der Waals surface area (Å²) in [6.45, 7) is 0.353. The van der Waals surface area contributed by atoms with Crippen molar-refractivity contribution in [3.8, 4) is 0 Å². The van der Waals surface area contributed by atoms with Crippen LogP contribution < -0.4 is 10.6 Å². The number of piperidine rings is 2. The fourth-order valence-electron chi connectivity index (χ4n) is 4.54. The number of hydroxylamine groups is 2. The summed E-state index contributed by atoms with van der Waals surface area (Å²) in [6, 6.07) is -0.174. The van der Waals surface area contributed by atoms with Crippen molar-refractivity contribution in [1.82, 2.24) is 20.6 Å². The van der Waals surface area contributed by atoms with Crippen LogP contribution in [0.4, 0.5) is 4.79 Å². The second kappa shape index (κ2) is 6.25. The molecule has 4 saturated heterocycles. The molecule has 4 aliphatic rings. The zero-order valence-electron chi connectivity index (χ0n) is 13.2. The van der Waals surface area contributed by atoms with Crippen LogP contribution in [0.25, 0.3) is 0 Å². The molecule has 10 heteroatoms. The van der Waals surface area contributed by atoms with Crippen molar-refractivity contribution >= 4 is 23.3 Å². The Kier molecular flexibility index (Phi) is 4.23. The predicted octanol–water partition coefficient (Wildman–Crippen LogP) is -0.277. The normalized spacial score (nSPS) is 39.2. The largest absolute Gasteiger partial charge is 0.351 e. The Balaban J connectivity index is 1.39. The quantitative estimate of drug-likeness (QED) is 0.596. The average Bonchev–Trinajstić information content (AvgIpc) is 2.99. The van der Waals surface area contributed by atoms with Gasteiger partial charge >= 0.3 is 17.4 Å². The van der Waals surface area contributed by atoms with Crippen LogP contribution in [-0.2, 0) is 20.4 Å². The van der Waals surface area contributed by atoms with Gasteiger partial charge in [0, 0.05) is 24.7 Å². The molecule has 4 bridgehead atoms. The zero-order chi connectivity index (χ0) is 16.8. The third kappa shape index (κ3) is 2.92. The lowest BCUT2D eigenvalue weighted by atomic mass is 9.97. The molecule has 5 atom stereocenters. The SMILES string of the molecule is O=C(NC1CC2CCC(C1)N2)[C@@H]1CC[C@@H]2CN1C(=O)N2OS(=O)O. The Morgan fingerprint density at radius 2 is 1.96 bits per heavy atom. The Morgan fingerprint density at radius 1 is 1.25 bits per heavy atom. The van der Waals surface area contributed by atoms with Gasteiger partial charge in [-0.2, -0.15) is 9.27 Å². The van der Waals surface area contributed by atoms with Crippen LogP contribution in [0.3, 0.4) is 0 Å². The van der Waals surface area contributed by atoms with Gasteiger partial charge in [0.2, 0.25) is 5.91 Å². The minimum Gasteiger partial charge on any atom is -0.351 e. The highest BCUT2D eigenvalue weighted by Crippen LogP contribution is 2.31. The standard InChI is InChI=1S/C14H22N4O5S/c19-13(16-10-5-8-1-2-9(6-10)15-8)12-4-3-11-7-17(12)14(20)18(11)23-24(21)22/h8-12,15H,1-7H2,(H,16,19)(H,21,22)/t8?,9?,10?,11-,12+/m1/s1. The fraction of sp³-hybridized carbons (Fsp3) is 0.857. The van der Waals surface area contributed by atoms with Crippen molar-refractivity contribution in [1.29, 1.82) is 0 Å². The Hall–Kier alpha value is -1.23. The number of carbonyl (C=O) groups is 2. The highest BCUT2D eigenvalue weighted by atomic mass is 32.2. The van der Waals surface area contributed by atoms with E-state index in [4.69, 9.17) is 4.55 Å². The number of rotatable bonds is 4. The maximum atomic E-state index is 12.7. The predicted molar refractivity (Wildman–Crippen MR) is 83.7 cm³/mol. The Morgan fingerprint density at radius 3 is 2.62 bits per heavy atom. The van der Waals surface area contributed by atoms with Gasteiger partial charge in [0.1, 0.15) is 6.04 Å². The lowest BCUT2D eigenvalue weighted by Crippen LogP contribution is -2.55. The smallest absolute Gasteiger partial charge is 0.346 e. The van der Waals surface area contributed by atoms with E-state index in [1.54, 1.807) is 0 Å². The summed E-state index contributed by atoms with van der Waals surface area (Å²) in [6.07, 6.45) is 5.32. The van der Waals surface area contributed by atoms with E-state index in [-0.39, 0.29) is 18.0 Å². The molecule has 134 valence electrons. The van der Waals surface area contributed by atoms with Crippen molar-refractivity contribution in [2.75, 3.05) is 6.54 Å². The minimum absolute atomic E-state index is 0.125. The van der Waals surface area contributed by atoms with Crippen LogP contribution in [-0.4, -0.2) is 67.4 Å². The van der Waals surface area contributed by atoms with Gasteiger partial charge in [-0.3, -0.25) is 9.35 Å². The number of urea groups is 1. The molecule has 0 aromatic heterocycles. The van der Waals surface area contributed by atoms with E-state index in [9.17, 15) is 13.8 Å². The summed E-state index contributed by atoms with van der Waals surface area (Å²) in [7, 11) is 0. The molecule has 4 fully saturated rings. The lowest BCUT2D eigenvalue weighted by molar-refractivity contribution is -0.127. The third-order valence-electron chi connectivity index (χ3n) is 5.59. The van der Waals surface area contributed by atoms with Crippen molar-refractivity contribution in [3.63, 3.8) is 0 Å². The van der Waals surface area contributed by atoms with Gasteiger partial charge in [0.25, 0.3) is 0 Å². The second-order valence-electron chi connectivity index (χ2n) is 7.11. The van der Waals surface area contributed by atoms with Gasteiger partial charge in [0.15, 0.2) is 0 Å². The van der Waals surface area contributed by atoms with Gasteiger partial charge in [-0.1, -0.05) is 0 Å². The van der Waals surface area contributed by atoms with Crippen LogP contribution >= 0.6 is 0 Å². The molecule has 24 heavy (non-hydrogen) atoms. The monoisotopic (exact) mass is 358 g/mol. The highest BCUT2D eigenvalue weighted by molar-refractivity contribution is 7.74. The molecule has 3 unspecified atom stereocenters. The highest BCUT2D eigenvalue weighted by Gasteiger charge is 2.49. The number of hydrogen-bond acceptors (Lipinski definition) is 5. The first kappa shape index (κ1) is 16.2. The molecule has 9 nitrogen and oxygen atoms in total. The first-order valence-corrected chi connectivity index (χ1v) is 9.50. The molecule has 0 radical (unpaired) electrons. The van der Waals surface area contributed by atoms with Crippen LogP contribution in [0.2, 0.25) is 0 Å². The fourth-order valence-corrected chi connectivity index (χ4v) is 4.87. The van der Waals surface area contributed by atoms with E-state index in [1.165, 1.54) is 4.90 Å². The molecule has 4 heterocycles. The molecule has 3 N–H and O–H groups in total. The minimum atomic E-state index is -2.54. The van der Waals surface area contributed by atoms with E-state index >= 15 is 0 Å². The van der Waals surface area contributed by atoms with E-state index in [2.05, 4.69) is 14.9 Å². The molecular formula is C14H22N4O5S. The molecule has 0 aliphatic carbocycles. The molecule has 0 aromatic rings. The molecule has 0 spiro atoms. The first-order chi connectivity index (χ1) is 11.5. The molecule has 0 saturated carbocycles. The van der Waals surface area contributed by atoms with Gasteiger partial charge in [-0.25, -0.2) is 4.79 Å². The second-order valence-corrected chi connectivity index (χ2v) is 7.70. The van der Waals surface area contributed by atoms with Crippen molar-refractivity contribution in [2.45, 2.75) is 68.7 Å². The van der Waals surface area contributed by atoms with Gasteiger partial charge in [0.05, 0.1) is 6.04 Å². The van der Waals surface area contributed by atoms with Crippen LogP contribution in [0.5, 0.6) is 0 Å². The van der Waals surface area contributed by atoms with E-state index in [0.717, 1.165) is 30.7 Å². The molecule has 4 aliphatic heterocycles. The van der Waals surface area contributed by atoms with Crippen molar-refractivity contribution in [2.24, 2.45) is 0 Å². The Labute approximate surface area is 142 Å². The summed E-state index contributed by atoms with van der Waals surface area (Å²) in [5.74, 6) is -0.125. The molecule has 3 amide bonds. The third-order valence-corrected chi connectivity index (χ3v) is 5.88. The number of amides is 3.